The van der Waals surface area contributed by atoms with E-state index in [0.29, 0.717) is 13.1 Å². The molecule has 0 aromatic rings. The Balaban J connectivity index is 2.99. The summed E-state index contributed by atoms with van der Waals surface area (Å²) in [6.07, 6.45) is 5.19. The minimum absolute atomic E-state index is 0.0784. The molecule has 0 heterocycles. The molecule has 124 valence electrons. The lowest BCUT2D eigenvalue weighted by Gasteiger charge is -2.32. The summed E-state index contributed by atoms with van der Waals surface area (Å²) in [4.78, 5) is 11.6. The molecule has 0 unspecified atom stereocenters. The van der Waals surface area contributed by atoms with Gasteiger partial charge in [-0.05, 0) is 25.7 Å². The molecule has 0 amide bonds. The van der Waals surface area contributed by atoms with Crippen molar-refractivity contribution in [1.82, 2.24) is 8.61 Å². The Bertz CT molecular complexity index is 413. The Kier molecular flexibility index (Phi) is 7.62. The molecule has 1 aliphatic carbocycles. The number of hydrogen-bond donors (Lipinski definition) is 0. The monoisotopic (exact) mass is 320 g/mol. The van der Waals surface area contributed by atoms with E-state index >= 15 is 0 Å². The topological polar surface area (TPSA) is 66.9 Å². The number of methoxy groups -OCH3 is 1. The van der Waals surface area contributed by atoms with Gasteiger partial charge in [-0.3, -0.25) is 4.79 Å². The molecule has 7 heteroatoms. The highest BCUT2D eigenvalue weighted by molar-refractivity contribution is 7.86. The first-order valence-electron chi connectivity index (χ1n) is 7.81. The third-order valence-electron chi connectivity index (χ3n) is 3.81. The fourth-order valence-electron chi connectivity index (χ4n) is 2.77. The zero-order chi connectivity index (χ0) is 15.9. The van der Waals surface area contributed by atoms with Crippen molar-refractivity contribution in [2.45, 2.75) is 58.4 Å². The number of ether oxygens (including phenoxy) is 1. The van der Waals surface area contributed by atoms with Crippen LogP contribution in [0.4, 0.5) is 0 Å². The molecule has 0 radical (unpaired) electrons. The van der Waals surface area contributed by atoms with Crippen LogP contribution in [0.1, 0.15) is 52.4 Å². The molecule has 0 bridgehead atoms. The maximum atomic E-state index is 12.9. The minimum atomic E-state index is -3.61. The van der Waals surface area contributed by atoms with Crippen molar-refractivity contribution in [3.8, 4) is 0 Å². The van der Waals surface area contributed by atoms with E-state index in [2.05, 4.69) is 4.74 Å². The van der Waals surface area contributed by atoms with Crippen molar-refractivity contribution >= 4 is 16.2 Å². The Morgan fingerprint density at radius 1 is 1.14 bits per heavy atom. The number of hydrogen-bond acceptors (Lipinski definition) is 4. The summed E-state index contributed by atoms with van der Waals surface area (Å²) in [5.74, 6) is -0.501. The van der Waals surface area contributed by atoms with Gasteiger partial charge in [0.05, 0.1) is 7.11 Å². The predicted molar refractivity (Wildman–Crippen MR) is 82.1 cm³/mol. The molecule has 0 aromatic carbocycles. The molecule has 1 aliphatic rings. The van der Waals surface area contributed by atoms with Crippen LogP contribution in [0.3, 0.4) is 0 Å². The third-order valence-corrected chi connectivity index (χ3v) is 5.85. The number of nitrogens with zero attached hydrogens (tertiary/aromatic N) is 2. The van der Waals surface area contributed by atoms with Gasteiger partial charge < -0.3 is 4.74 Å². The summed E-state index contributed by atoms with van der Waals surface area (Å²) in [6, 6.07) is -0.0784. The lowest BCUT2D eigenvalue weighted by Crippen LogP contribution is -2.50. The van der Waals surface area contributed by atoms with Gasteiger partial charge in [-0.1, -0.05) is 26.7 Å². The van der Waals surface area contributed by atoms with E-state index in [9.17, 15) is 13.2 Å². The molecule has 0 saturated heterocycles. The number of rotatable bonds is 9. The zero-order valence-corrected chi connectivity index (χ0v) is 14.2. The molecule has 0 aromatic heterocycles. The maximum Gasteiger partial charge on any atom is 0.321 e. The van der Waals surface area contributed by atoms with E-state index in [1.165, 1.54) is 15.7 Å². The summed E-state index contributed by atoms with van der Waals surface area (Å²) >= 11 is 0. The van der Waals surface area contributed by atoms with Gasteiger partial charge in [0.2, 0.25) is 0 Å². The van der Waals surface area contributed by atoms with Gasteiger partial charge in [-0.25, -0.2) is 0 Å². The summed E-state index contributed by atoms with van der Waals surface area (Å²) in [6.45, 7) is 4.70. The van der Waals surface area contributed by atoms with Crippen LogP contribution in [0.15, 0.2) is 0 Å². The first-order chi connectivity index (χ1) is 9.97. The van der Waals surface area contributed by atoms with Gasteiger partial charge in [0.25, 0.3) is 10.2 Å². The first-order valence-corrected chi connectivity index (χ1v) is 9.20. The Morgan fingerprint density at radius 3 is 2.10 bits per heavy atom. The number of carbonyl (C=O) groups is 1. The Morgan fingerprint density at radius 2 is 1.67 bits per heavy atom. The summed E-state index contributed by atoms with van der Waals surface area (Å²) < 4.78 is 33.3. The fraction of sp³-hybridized carbons (Fsp3) is 0.929. The second-order valence-corrected chi connectivity index (χ2v) is 7.35. The molecule has 0 aliphatic heterocycles. The highest BCUT2D eigenvalue weighted by Gasteiger charge is 2.37. The molecular formula is C14H28N2O4S. The largest absolute Gasteiger partial charge is 0.468 e. The van der Waals surface area contributed by atoms with Crippen LogP contribution in [0.2, 0.25) is 0 Å². The van der Waals surface area contributed by atoms with Crippen molar-refractivity contribution in [1.29, 1.82) is 0 Å². The molecule has 1 saturated carbocycles. The average Bonchev–Trinajstić information content (AvgIpc) is 2.97. The van der Waals surface area contributed by atoms with Crippen LogP contribution >= 0.6 is 0 Å². The smallest absolute Gasteiger partial charge is 0.321 e. The maximum absolute atomic E-state index is 12.9. The highest BCUT2D eigenvalue weighted by atomic mass is 32.2. The quantitative estimate of drug-likeness (QED) is 0.607. The van der Waals surface area contributed by atoms with E-state index in [-0.39, 0.29) is 12.6 Å². The Labute approximate surface area is 128 Å². The predicted octanol–water partition coefficient (Wildman–Crippen LogP) is 1.77. The van der Waals surface area contributed by atoms with Crippen molar-refractivity contribution in [2.24, 2.45) is 0 Å². The van der Waals surface area contributed by atoms with E-state index in [1.807, 2.05) is 13.8 Å². The summed E-state index contributed by atoms with van der Waals surface area (Å²) in [5.41, 5.74) is 0. The van der Waals surface area contributed by atoms with Crippen molar-refractivity contribution in [3.05, 3.63) is 0 Å². The molecule has 21 heavy (non-hydrogen) atoms. The van der Waals surface area contributed by atoms with Gasteiger partial charge in [0.1, 0.15) is 6.54 Å². The van der Waals surface area contributed by atoms with Gasteiger partial charge in [-0.15, -0.1) is 0 Å². The van der Waals surface area contributed by atoms with Gasteiger partial charge in [-0.2, -0.15) is 17.0 Å². The zero-order valence-electron chi connectivity index (χ0n) is 13.4. The van der Waals surface area contributed by atoms with Gasteiger partial charge in [0, 0.05) is 19.1 Å². The number of esters is 1. The van der Waals surface area contributed by atoms with Crippen LogP contribution in [0, 0.1) is 0 Å². The summed E-state index contributed by atoms with van der Waals surface area (Å²) in [5, 5.41) is 0. The van der Waals surface area contributed by atoms with E-state index < -0.39 is 16.2 Å². The van der Waals surface area contributed by atoms with Gasteiger partial charge in [0.15, 0.2) is 0 Å². The third kappa shape index (κ3) is 4.93. The van der Waals surface area contributed by atoms with E-state index in [4.69, 9.17) is 0 Å². The van der Waals surface area contributed by atoms with Crippen LogP contribution in [-0.4, -0.2) is 55.8 Å². The molecule has 0 N–H and O–H groups in total. The van der Waals surface area contributed by atoms with Crippen molar-refractivity contribution < 1.29 is 17.9 Å². The normalized spacial score (nSPS) is 16.8. The lowest BCUT2D eigenvalue weighted by atomic mass is 10.2. The number of carbonyl (C=O) groups excluding carboxylic acids is 1. The van der Waals surface area contributed by atoms with Crippen LogP contribution in [0.25, 0.3) is 0 Å². The lowest BCUT2D eigenvalue weighted by molar-refractivity contribution is -0.141. The summed E-state index contributed by atoms with van der Waals surface area (Å²) in [7, 11) is -2.32. The second kappa shape index (κ2) is 8.70. The average molecular weight is 320 g/mol. The van der Waals surface area contributed by atoms with Crippen molar-refractivity contribution in [3.63, 3.8) is 0 Å². The van der Waals surface area contributed by atoms with Crippen LogP contribution < -0.4 is 0 Å². The SMILES string of the molecule is CCCN(CCC)S(=O)(=O)N(CC(=O)OC)C1CCCC1. The van der Waals surface area contributed by atoms with Crippen molar-refractivity contribution in [2.75, 3.05) is 26.7 Å². The fourth-order valence-corrected chi connectivity index (χ4v) is 4.75. The molecule has 1 fully saturated rings. The van der Waals surface area contributed by atoms with Crippen LogP contribution in [0.5, 0.6) is 0 Å². The first kappa shape index (κ1) is 18.4. The molecule has 0 spiro atoms. The van der Waals surface area contributed by atoms with E-state index in [1.54, 1.807) is 0 Å². The molecular weight excluding hydrogens is 292 g/mol. The molecule has 6 nitrogen and oxygen atoms in total. The highest BCUT2D eigenvalue weighted by Crippen LogP contribution is 2.27. The standard InChI is InChI=1S/C14H28N2O4S/c1-4-10-15(11-5-2)21(18,19)16(12-14(17)20-3)13-8-6-7-9-13/h13H,4-12H2,1-3H3. The van der Waals surface area contributed by atoms with Gasteiger partial charge >= 0.3 is 5.97 Å². The molecule has 0 atom stereocenters. The van der Waals surface area contributed by atoms with E-state index in [0.717, 1.165) is 38.5 Å². The minimum Gasteiger partial charge on any atom is -0.468 e. The molecule has 1 rings (SSSR count). The second-order valence-electron chi connectivity index (χ2n) is 5.47. The van der Waals surface area contributed by atoms with Crippen LogP contribution in [-0.2, 0) is 19.7 Å². The Hall–Kier alpha value is -0.660.